The van der Waals surface area contributed by atoms with Gasteiger partial charge in [0, 0.05) is 36.1 Å². The quantitative estimate of drug-likeness (QED) is 0.423. The molecule has 0 radical (unpaired) electrons. The highest BCUT2D eigenvalue weighted by Crippen LogP contribution is 2.53. The maximum absolute atomic E-state index is 12.0. The first-order valence-corrected chi connectivity index (χ1v) is 8.16. The van der Waals surface area contributed by atoms with Crippen molar-refractivity contribution in [3.63, 3.8) is 0 Å². The molecule has 2 fully saturated rings. The maximum atomic E-state index is 12.0. The third kappa shape index (κ3) is 1.90. The van der Waals surface area contributed by atoms with Crippen LogP contribution >= 0.6 is 0 Å². The van der Waals surface area contributed by atoms with Gasteiger partial charge in [-0.2, -0.15) is 0 Å². The Morgan fingerprint density at radius 3 is 3.23 bits per heavy atom. The summed E-state index contributed by atoms with van der Waals surface area (Å²) >= 11 is 0. The molecule has 0 aromatic rings. The molecular formula is C19H21NO2. The number of fused-ring (bicyclic) bond motifs is 3. The monoisotopic (exact) mass is 295 g/mol. The minimum atomic E-state index is -0.426. The molecule has 22 heavy (non-hydrogen) atoms. The number of rotatable bonds is 1. The maximum Gasteiger partial charge on any atom is 0.332 e. The van der Waals surface area contributed by atoms with E-state index in [1.54, 1.807) is 6.08 Å². The van der Waals surface area contributed by atoms with E-state index in [1.165, 1.54) is 12.8 Å². The molecule has 4 aliphatic rings. The molecule has 3 heterocycles. The fraction of sp³-hybridized carbons (Fsp3) is 0.526. The van der Waals surface area contributed by atoms with Crippen molar-refractivity contribution >= 4 is 5.97 Å². The Hall–Kier alpha value is -1.79. The number of esters is 1. The van der Waals surface area contributed by atoms with Crippen LogP contribution in [0.4, 0.5) is 0 Å². The highest BCUT2D eigenvalue weighted by molar-refractivity contribution is 5.90. The lowest BCUT2D eigenvalue weighted by molar-refractivity contribution is -0.148. The van der Waals surface area contributed by atoms with E-state index in [9.17, 15) is 4.79 Å². The van der Waals surface area contributed by atoms with Crippen molar-refractivity contribution in [2.45, 2.75) is 56.7 Å². The molecule has 3 unspecified atom stereocenters. The van der Waals surface area contributed by atoms with Gasteiger partial charge in [-0.3, -0.25) is 4.90 Å². The summed E-state index contributed by atoms with van der Waals surface area (Å²) in [7, 11) is 0. The molecule has 0 aromatic carbocycles. The van der Waals surface area contributed by atoms with Crippen LogP contribution in [0.25, 0.3) is 0 Å². The van der Waals surface area contributed by atoms with Crippen LogP contribution in [0.1, 0.15) is 39.0 Å². The summed E-state index contributed by atoms with van der Waals surface area (Å²) in [6.07, 6.45) is 9.10. The van der Waals surface area contributed by atoms with Gasteiger partial charge in [0.15, 0.2) is 5.60 Å². The molecule has 0 aromatic heterocycles. The van der Waals surface area contributed by atoms with E-state index in [4.69, 9.17) is 4.74 Å². The topological polar surface area (TPSA) is 29.5 Å². The standard InChI is InChI=1S/C19H21NO2/c1-13(2)6-5-7-14-10-15-12-19(16(14)11-18(21)22-19)17-8-3-4-9-20(15)17/h10-11,15,17H,1,3-4,6,8-9,12H2,2H3. The van der Waals surface area contributed by atoms with Gasteiger partial charge in [-0.25, -0.2) is 4.79 Å². The zero-order valence-electron chi connectivity index (χ0n) is 13.0. The Morgan fingerprint density at radius 1 is 1.55 bits per heavy atom. The predicted octanol–water partition coefficient (Wildman–Crippen LogP) is 2.74. The Bertz CT molecular complexity index is 675. The number of carbonyl (C=O) groups is 1. The summed E-state index contributed by atoms with van der Waals surface area (Å²) in [6.45, 7) is 6.98. The molecule has 1 aliphatic carbocycles. The van der Waals surface area contributed by atoms with Crippen LogP contribution in [-0.2, 0) is 9.53 Å². The smallest absolute Gasteiger partial charge is 0.332 e. The number of carbonyl (C=O) groups excluding carboxylic acids is 1. The second kappa shape index (κ2) is 4.86. The molecule has 2 bridgehead atoms. The fourth-order valence-electron chi connectivity index (χ4n) is 4.46. The molecule has 3 nitrogen and oxygen atoms in total. The molecule has 114 valence electrons. The Balaban J connectivity index is 1.75. The largest absolute Gasteiger partial charge is 0.449 e. The van der Waals surface area contributed by atoms with Gasteiger partial charge >= 0.3 is 5.97 Å². The van der Waals surface area contributed by atoms with Crippen molar-refractivity contribution in [1.29, 1.82) is 0 Å². The van der Waals surface area contributed by atoms with E-state index in [0.717, 1.165) is 36.1 Å². The van der Waals surface area contributed by atoms with Crippen molar-refractivity contribution in [2.75, 3.05) is 6.54 Å². The minimum Gasteiger partial charge on any atom is -0.449 e. The third-order valence-corrected chi connectivity index (χ3v) is 5.28. The van der Waals surface area contributed by atoms with E-state index >= 15 is 0 Å². The molecule has 1 spiro atoms. The summed E-state index contributed by atoms with van der Waals surface area (Å²) in [6, 6.07) is 0.697. The van der Waals surface area contributed by atoms with Crippen LogP contribution in [0.2, 0.25) is 0 Å². The number of nitrogens with zero attached hydrogens (tertiary/aromatic N) is 1. The second-order valence-corrected chi connectivity index (χ2v) is 6.91. The molecule has 3 aliphatic heterocycles. The molecular weight excluding hydrogens is 274 g/mol. The van der Waals surface area contributed by atoms with E-state index in [1.807, 2.05) is 6.92 Å². The summed E-state index contributed by atoms with van der Waals surface area (Å²) in [5.74, 6) is 6.26. The number of hydrogen-bond acceptors (Lipinski definition) is 3. The number of piperidine rings is 1. The highest BCUT2D eigenvalue weighted by Gasteiger charge is 2.61. The second-order valence-electron chi connectivity index (χ2n) is 6.91. The molecule has 0 amide bonds. The van der Waals surface area contributed by atoms with Crippen molar-refractivity contribution in [3.05, 3.63) is 35.5 Å². The van der Waals surface area contributed by atoms with E-state index in [-0.39, 0.29) is 5.97 Å². The van der Waals surface area contributed by atoms with Gasteiger partial charge in [0.25, 0.3) is 0 Å². The normalized spacial score (nSPS) is 35.6. The summed E-state index contributed by atoms with van der Waals surface area (Å²) < 4.78 is 5.87. The van der Waals surface area contributed by atoms with Crippen molar-refractivity contribution < 1.29 is 9.53 Å². The zero-order valence-corrected chi connectivity index (χ0v) is 13.0. The Kier molecular flexibility index (Phi) is 3.06. The lowest BCUT2D eigenvalue weighted by Crippen LogP contribution is -2.48. The van der Waals surface area contributed by atoms with Crippen molar-refractivity contribution in [2.24, 2.45) is 0 Å². The van der Waals surface area contributed by atoms with E-state index in [0.29, 0.717) is 18.5 Å². The summed E-state index contributed by atoms with van der Waals surface area (Å²) in [5.41, 5.74) is 2.66. The average Bonchev–Trinajstić information content (AvgIpc) is 2.96. The SMILES string of the molecule is C=C(C)CC#CC1=CC2CC3(OC(=O)C=C13)C1CCCCN21. The van der Waals surface area contributed by atoms with Crippen LogP contribution in [0.5, 0.6) is 0 Å². The molecule has 0 N–H and O–H groups in total. The van der Waals surface area contributed by atoms with Crippen LogP contribution < -0.4 is 0 Å². The Morgan fingerprint density at radius 2 is 2.41 bits per heavy atom. The highest BCUT2D eigenvalue weighted by atomic mass is 16.6. The number of hydrogen-bond donors (Lipinski definition) is 0. The van der Waals surface area contributed by atoms with Crippen LogP contribution in [-0.4, -0.2) is 35.1 Å². The van der Waals surface area contributed by atoms with Gasteiger partial charge in [-0.05, 0) is 26.3 Å². The number of allylic oxidation sites excluding steroid dienone is 1. The van der Waals surface area contributed by atoms with Crippen LogP contribution in [0.15, 0.2) is 35.5 Å². The van der Waals surface area contributed by atoms with Crippen LogP contribution in [0.3, 0.4) is 0 Å². The molecule has 0 saturated carbocycles. The lowest BCUT2D eigenvalue weighted by Gasteiger charge is -2.38. The first-order chi connectivity index (χ1) is 10.6. The summed E-state index contributed by atoms with van der Waals surface area (Å²) in [5, 5.41) is 0. The van der Waals surface area contributed by atoms with Gasteiger partial charge in [0.1, 0.15) is 0 Å². The number of ether oxygens (including phenoxy) is 1. The molecule has 2 saturated heterocycles. The van der Waals surface area contributed by atoms with Gasteiger partial charge in [-0.1, -0.05) is 36.5 Å². The van der Waals surface area contributed by atoms with E-state index in [2.05, 4.69) is 29.4 Å². The van der Waals surface area contributed by atoms with Gasteiger partial charge in [0.2, 0.25) is 0 Å². The first kappa shape index (κ1) is 13.8. The average molecular weight is 295 g/mol. The predicted molar refractivity (Wildman–Crippen MR) is 84.9 cm³/mol. The zero-order chi connectivity index (χ0) is 15.3. The van der Waals surface area contributed by atoms with Gasteiger partial charge < -0.3 is 4.74 Å². The third-order valence-electron chi connectivity index (χ3n) is 5.28. The van der Waals surface area contributed by atoms with E-state index < -0.39 is 5.60 Å². The molecule has 3 heteroatoms. The summed E-state index contributed by atoms with van der Waals surface area (Å²) in [4.78, 5) is 14.5. The molecule has 4 rings (SSSR count). The van der Waals surface area contributed by atoms with Gasteiger partial charge in [0.05, 0.1) is 6.04 Å². The lowest BCUT2D eigenvalue weighted by atomic mass is 9.77. The van der Waals surface area contributed by atoms with Gasteiger partial charge in [-0.15, -0.1) is 0 Å². The van der Waals surface area contributed by atoms with Crippen molar-refractivity contribution in [3.8, 4) is 11.8 Å². The minimum absolute atomic E-state index is 0.198. The Labute approximate surface area is 131 Å². The fourth-order valence-corrected chi connectivity index (χ4v) is 4.46. The first-order valence-electron chi connectivity index (χ1n) is 8.16. The molecule has 3 atom stereocenters. The van der Waals surface area contributed by atoms with Crippen LogP contribution in [0, 0.1) is 11.8 Å². The van der Waals surface area contributed by atoms with Crippen molar-refractivity contribution in [1.82, 2.24) is 4.90 Å².